The number of halogens is 2. The SMILES string of the molecule is CCOC(=O)CC[C@H](NC(=O)c1ccc(CNc2nc3cc(F)c(F)cc3nc2C(=O)OCC)cc1)C(=O)OCC. The third-order valence-corrected chi connectivity index (χ3v) is 5.67. The average molecular weight is 573 g/mol. The molecule has 1 heterocycles. The number of benzene rings is 2. The van der Waals surface area contributed by atoms with E-state index >= 15 is 0 Å². The first-order chi connectivity index (χ1) is 19.7. The molecular formula is C28H30F2N4O7. The fraction of sp³-hybridized carbons (Fsp3) is 0.357. The summed E-state index contributed by atoms with van der Waals surface area (Å²) in [4.78, 5) is 57.6. The molecule has 0 spiro atoms. The van der Waals surface area contributed by atoms with Crippen LogP contribution in [0.4, 0.5) is 14.6 Å². The summed E-state index contributed by atoms with van der Waals surface area (Å²) in [7, 11) is 0. The summed E-state index contributed by atoms with van der Waals surface area (Å²) in [6.45, 7) is 5.42. The first-order valence-electron chi connectivity index (χ1n) is 13.0. The van der Waals surface area contributed by atoms with E-state index < -0.39 is 41.5 Å². The van der Waals surface area contributed by atoms with Crippen molar-refractivity contribution in [3.8, 4) is 0 Å². The minimum absolute atomic E-state index is 0.00246. The number of amides is 1. The van der Waals surface area contributed by atoms with Gasteiger partial charge in [0.05, 0.1) is 30.9 Å². The van der Waals surface area contributed by atoms with Crippen molar-refractivity contribution >= 4 is 40.7 Å². The molecule has 11 nitrogen and oxygen atoms in total. The van der Waals surface area contributed by atoms with Crippen LogP contribution in [-0.4, -0.2) is 59.6 Å². The van der Waals surface area contributed by atoms with Gasteiger partial charge >= 0.3 is 17.9 Å². The Hall–Kier alpha value is -4.68. The second-order valence-corrected chi connectivity index (χ2v) is 8.57. The molecule has 3 rings (SSSR count). The van der Waals surface area contributed by atoms with E-state index in [0.717, 1.165) is 12.1 Å². The Bertz CT molecular complexity index is 1420. The molecule has 2 N–H and O–H groups in total. The maximum absolute atomic E-state index is 13.8. The molecule has 1 atom stereocenters. The van der Waals surface area contributed by atoms with Crippen molar-refractivity contribution in [1.29, 1.82) is 0 Å². The summed E-state index contributed by atoms with van der Waals surface area (Å²) in [5, 5.41) is 5.53. The minimum Gasteiger partial charge on any atom is -0.466 e. The smallest absolute Gasteiger partial charge is 0.360 e. The Morgan fingerprint density at radius 1 is 0.854 bits per heavy atom. The average Bonchev–Trinajstić information content (AvgIpc) is 2.95. The van der Waals surface area contributed by atoms with Gasteiger partial charge in [-0.3, -0.25) is 9.59 Å². The van der Waals surface area contributed by atoms with E-state index in [1.165, 1.54) is 12.1 Å². The van der Waals surface area contributed by atoms with E-state index in [4.69, 9.17) is 14.2 Å². The number of ether oxygens (including phenoxy) is 3. The largest absolute Gasteiger partial charge is 0.466 e. The van der Waals surface area contributed by atoms with Crippen molar-refractivity contribution in [2.24, 2.45) is 0 Å². The molecule has 2 aromatic carbocycles. The van der Waals surface area contributed by atoms with Gasteiger partial charge in [-0.15, -0.1) is 0 Å². The van der Waals surface area contributed by atoms with Crippen LogP contribution in [0.25, 0.3) is 11.0 Å². The van der Waals surface area contributed by atoms with Crippen molar-refractivity contribution in [3.05, 3.63) is 64.9 Å². The maximum Gasteiger partial charge on any atom is 0.360 e. The van der Waals surface area contributed by atoms with Gasteiger partial charge in [0, 0.05) is 30.7 Å². The first-order valence-corrected chi connectivity index (χ1v) is 13.0. The predicted octanol–water partition coefficient (Wildman–Crippen LogP) is 3.70. The molecule has 1 aromatic heterocycles. The number of anilines is 1. The lowest BCUT2D eigenvalue weighted by atomic mass is 10.1. The lowest BCUT2D eigenvalue weighted by Gasteiger charge is -2.17. The maximum atomic E-state index is 13.8. The third-order valence-electron chi connectivity index (χ3n) is 5.67. The van der Waals surface area contributed by atoms with Gasteiger partial charge in [-0.1, -0.05) is 12.1 Å². The molecule has 1 amide bonds. The number of carbonyl (C=O) groups is 4. The van der Waals surface area contributed by atoms with Crippen LogP contribution >= 0.6 is 0 Å². The first kappa shape index (κ1) is 30.9. The molecule has 13 heteroatoms. The van der Waals surface area contributed by atoms with E-state index in [2.05, 4.69) is 20.6 Å². The van der Waals surface area contributed by atoms with Gasteiger partial charge in [-0.2, -0.15) is 0 Å². The molecule has 3 aromatic rings. The molecule has 0 radical (unpaired) electrons. The summed E-state index contributed by atoms with van der Waals surface area (Å²) in [6.07, 6.45) is -0.0627. The van der Waals surface area contributed by atoms with Crippen LogP contribution in [0.1, 0.15) is 60.0 Å². The number of nitrogens with zero attached hydrogens (tertiary/aromatic N) is 2. The van der Waals surface area contributed by atoms with Crippen LogP contribution in [0.5, 0.6) is 0 Å². The highest BCUT2D eigenvalue weighted by atomic mass is 19.2. The number of aromatic nitrogens is 2. The Kier molecular flexibility index (Phi) is 11.0. The topological polar surface area (TPSA) is 146 Å². The van der Waals surface area contributed by atoms with E-state index in [9.17, 15) is 28.0 Å². The fourth-order valence-electron chi connectivity index (χ4n) is 3.71. The lowest BCUT2D eigenvalue weighted by molar-refractivity contribution is -0.146. The van der Waals surface area contributed by atoms with Gasteiger partial charge in [0.25, 0.3) is 5.91 Å². The predicted molar refractivity (Wildman–Crippen MR) is 143 cm³/mol. The number of hydrogen-bond donors (Lipinski definition) is 2. The zero-order chi connectivity index (χ0) is 29.9. The fourth-order valence-corrected chi connectivity index (χ4v) is 3.71. The van der Waals surface area contributed by atoms with Gasteiger partial charge in [-0.25, -0.2) is 28.3 Å². The Balaban J connectivity index is 1.73. The zero-order valence-electron chi connectivity index (χ0n) is 22.8. The molecule has 0 saturated heterocycles. The number of rotatable bonds is 13. The molecule has 41 heavy (non-hydrogen) atoms. The van der Waals surface area contributed by atoms with Gasteiger partial charge in [0.2, 0.25) is 0 Å². The van der Waals surface area contributed by atoms with Crippen molar-refractivity contribution in [1.82, 2.24) is 15.3 Å². The van der Waals surface area contributed by atoms with Gasteiger partial charge in [0.15, 0.2) is 23.1 Å². The number of nitrogens with one attached hydrogen (secondary N) is 2. The number of carbonyl (C=O) groups excluding carboxylic acids is 4. The van der Waals surface area contributed by atoms with E-state index in [0.29, 0.717) is 5.56 Å². The lowest BCUT2D eigenvalue weighted by Crippen LogP contribution is -2.42. The minimum atomic E-state index is -1.13. The van der Waals surface area contributed by atoms with Crippen molar-refractivity contribution in [2.45, 2.75) is 46.2 Å². The van der Waals surface area contributed by atoms with Crippen molar-refractivity contribution in [3.63, 3.8) is 0 Å². The molecular weight excluding hydrogens is 542 g/mol. The highest BCUT2D eigenvalue weighted by molar-refractivity contribution is 5.97. The monoisotopic (exact) mass is 572 g/mol. The van der Waals surface area contributed by atoms with Gasteiger partial charge in [-0.05, 0) is 44.9 Å². The van der Waals surface area contributed by atoms with Gasteiger partial charge < -0.3 is 24.8 Å². The molecule has 0 unspecified atom stereocenters. The molecule has 0 aliphatic carbocycles. The van der Waals surface area contributed by atoms with Crippen LogP contribution in [0.15, 0.2) is 36.4 Å². The Morgan fingerprint density at radius 2 is 1.46 bits per heavy atom. The standard InChI is InChI=1S/C28H30F2N4O7/c1-4-39-23(35)12-11-20(27(37)40-5-2)34-26(36)17-9-7-16(8-10-17)15-31-25-24(28(38)41-6-3)32-21-13-18(29)19(30)14-22(21)33-25/h7-10,13-14,20H,4-6,11-12,15H2,1-3H3,(H,31,33)(H,34,36)/t20-/m0/s1. The van der Waals surface area contributed by atoms with Crippen LogP contribution < -0.4 is 10.6 Å². The normalized spacial score (nSPS) is 11.4. The summed E-state index contributed by atoms with van der Waals surface area (Å²) in [6, 6.07) is 6.99. The molecule has 218 valence electrons. The number of hydrogen-bond acceptors (Lipinski definition) is 10. The Labute approximate surface area is 234 Å². The second-order valence-electron chi connectivity index (χ2n) is 8.57. The van der Waals surface area contributed by atoms with E-state index in [-0.39, 0.29) is 67.3 Å². The molecule has 0 bridgehead atoms. The van der Waals surface area contributed by atoms with Gasteiger partial charge in [0.1, 0.15) is 6.04 Å². The summed E-state index contributed by atoms with van der Waals surface area (Å²) in [5.74, 6) is -4.73. The number of esters is 3. The Morgan fingerprint density at radius 3 is 2.07 bits per heavy atom. The summed E-state index contributed by atoms with van der Waals surface area (Å²) >= 11 is 0. The van der Waals surface area contributed by atoms with E-state index in [1.807, 2.05) is 0 Å². The molecule has 0 aliphatic heterocycles. The zero-order valence-corrected chi connectivity index (χ0v) is 22.8. The quantitative estimate of drug-likeness (QED) is 0.230. The van der Waals surface area contributed by atoms with Crippen LogP contribution in [0.3, 0.4) is 0 Å². The number of fused-ring (bicyclic) bond motifs is 1. The molecule has 0 saturated carbocycles. The summed E-state index contributed by atoms with van der Waals surface area (Å²) < 4.78 is 42.3. The second kappa shape index (κ2) is 14.6. The van der Waals surface area contributed by atoms with Crippen molar-refractivity contribution < 1.29 is 42.2 Å². The summed E-state index contributed by atoms with van der Waals surface area (Å²) in [5.41, 5.74) is 0.734. The van der Waals surface area contributed by atoms with Crippen LogP contribution in [0, 0.1) is 11.6 Å². The molecule has 0 fully saturated rings. The highest BCUT2D eigenvalue weighted by Gasteiger charge is 2.24. The third kappa shape index (κ3) is 8.40. The highest BCUT2D eigenvalue weighted by Crippen LogP contribution is 2.21. The van der Waals surface area contributed by atoms with Crippen molar-refractivity contribution in [2.75, 3.05) is 25.1 Å². The van der Waals surface area contributed by atoms with Crippen LogP contribution in [0.2, 0.25) is 0 Å². The van der Waals surface area contributed by atoms with E-state index in [1.54, 1.807) is 32.9 Å². The molecule has 0 aliphatic rings. The van der Waals surface area contributed by atoms with Crippen LogP contribution in [-0.2, 0) is 30.3 Å².